The van der Waals surface area contributed by atoms with Crippen LogP contribution in [-0.4, -0.2) is 78.2 Å². The molecule has 0 unspecified atom stereocenters. The van der Waals surface area contributed by atoms with Crippen molar-refractivity contribution in [1.82, 2.24) is 19.6 Å². The van der Waals surface area contributed by atoms with Crippen molar-refractivity contribution in [3.05, 3.63) is 47.2 Å². The molecule has 5 N–H and O–H groups in total. The summed E-state index contributed by atoms with van der Waals surface area (Å²) >= 11 is 2.15. The summed E-state index contributed by atoms with van der Waals surface area (Å²) in [5.74, 6) is -3.52. The van der Waals surface area contributed by atoms with E-state index in [0.29, 0.717) is 5.57 Å². The number of carboxylic acid groups (broad SMARTS) is 2. The number of pyridine rings is 1. The number of hydrogen-bond donors (Lipinski definition) is 4. The average molecular weight is 521 g/mol. The summed E-state index contributed by atoms with van der Waals surface area (Å²) in [7, 11) is 1.23. The fourth-order valence-corrected chi connectivity index (χ4v) is 5.32. The molecule has 2 aliphatic heterocycles. The van der Waals surface area contributed by atoms with Gasteiger partial charge < -0.3 is 26.1 Å². The Morgan fingerprint density at radius 2 is 2.03 bits per heavy atom. The van der Waals surface area contributed by atoms with Gasteiger partial charge in [0.1, 0.15) is 24.2 Å². The first-order valence-corrected chi connectivity index (χ1v) is 11.7. The molecule has 0 aliphatic carbocycles. The normalized spacial score (nSPS) is 19.6. The lowest BCUT2D eigenvalue weighted by Crippen LogP contribution is -2.71. The molecular weight excluding hydrogens is 502 g/mol. The van der Waals surface area contributed by atoms with Crippen LogP contribution >= 0.6 is 23.3 Å². The molecule has 2 aromatic heterocycles. The minimum Gasteiger partial charge on any atom is -0.478 e. The number of thioether (sulfide) groups is 1. The number of oxime groups is 1. The van der Waals surface area contributed by atoms with Gasteiger partial charge in [0.05, 0.1) is 5.56 Å². The van der Waals surface area contributed by atoms with Crippen LogP contribution in [0.15, 0.2) is 41.0 Å². The van der Waals surface area contributed by atoms with Crippen LogP contribution in [0.4, 0.5) is 5.13 Å². The Morgan fingerprint density at radius 1 is 1.31 bits per heavy atom. The van der Waals surface area contributed by atoms with E-state index in [4.69, 9.17) is 10.8 Å². The molecule has 1 fully saturated rings. The zero-order valence-corrected chi connectivity index (χ0v) is 19.6. The molecule has 0 saturated carbocycles. The first-order valence-electron chi connectivity index (χ1n) is 9.85. The van der Waals surface area contributed by atoms with Crippen LogP contribution in [0.25, 0.3) is 0 Å². The summed E-state index contributed by atoms with van der Waals surface area (Å²) < 4.78 is 5.54. The maximum absolute atomic E-state index is 12.9. The smallest absolute Gasteiger partial charge is 0.352 e. The summed E-state index contributed by atoms with van der Waals surface area (Å²) in [6.45, 7) is 0.142. The Morgan fingerprint density at radius 3 is 2.60 bits per heavy atom. The number of nitrogens with zero attached hydrogens (tertiary/aromatic N) is 5. The van der Waals surface area contributed by atoms with Gasteiger partial charge in [0.25, 0.3) is 11.8 Å². The maximum atomic E-state index is 12.9. The van der Waals surface area contributed by atoms with Crippen molar-refractivity contribution in [1.29, 1.82) is 0 Å². The van der Waals surface area contributed by atoms with Gasteiger partial charge in [-0.2, -0.15) is 9.36 Å². The van der Waals surface area contributed by atoms with Crippen molar-refractivity contribution < 1.29 is 38.8 Å². The highest BCUT2D eigenvalue weighted by Crippen LogP contribution is 2.40. The Balaban J connectivity index is 1.52. The van der Waals surface area contributed by atoms with Gasteiger partial charge in [0, 0.05) is 35.0 Å². The molecule has 0 aromatic carbocycles. The molecule has 35 heavy (non-hydrogen) atoms. The lowest BCUT2D eigenvalue weighted by molar-refractivity contribution is -0.689. The number of hydrogen-bond acceptors (Lipinski definition) is 11. The predicted octanol–water partition coefficient (Wildman–Crippen LogP) is -1.10. The van der Waals surface area contributed by atoms with E-state index in [9.17, 15) is 24.3 Å². The second kappa shape index (κ2) is 9.67. The zero-order valence-electron chi connectivity index (χ0n) is 17.9. The molecule has 14 nitrogen and oxygen atoms in total. The molecule has 2 atom stereocenters. The van der Waals surface area contributed by atoms with Gasteiger partial charge in [0.15, 0.2) is 24.1 Å². The van der Waals surface area contributed by atoms with E-state index in [2.05, 4.69) is 24.7 Å². The number of carbonyl (C=O) groups excluding carboxylic acids is 2. The van der Waals surface area contributed by atoms with Gasteiger partial charge in [0.2, 0.25) is 11.5 Å². The first kappa shape index (κ1) is 24.1. The number of nitrogens with two attached hydrogens (primary N) is 1. The number of carboxylic acids is 2. The fourth-order valence-electron chi connectivity index (χ4n) is 3.55. The summed E-state index contributed by atoms with van der Waals surface area (Å²) in [6, 6.07) is 1.79. The highest BCUT2D eigenvalue weighted by atomic mass is 32.2. The number of fused-ring (bicyclic) bond motifs is 1. The molecule has 4 heterocycles. The van der Waals surface area contributed by atoms with Gasteiger partial charge in [-0.15, -0.1) is 11.8 Å². The third kappa shape index (κ3) is 4.65. The highest BCUT2D eigenvalue weighted by Gasteiger charge is 2.54. The topological polar surface area (TPSA) is 201 Å². The molecule has 0 radical (unpaired) electrons. The Bertz CT molecular complexity index is 1270. The van der Waals surface area contributed by atoms with E-state index in [-0.39, 0.29) is 40.2 Å². The number of amides is 2. The minimum absolute atomic E-state index is 0.0638. The number of nitrogens with one attached hydrogen (secondary N) is 1. The van der Waals surface area contributed by atoms with Crippen LogP contribution in [-0.2, 0) is 25.8 Å². The minimum atomic E-state index is -1.28. The monoisotopic (exact) mass is 520 g/mol. The molecule has 0 spiro atoms. The maximum Gasteiger partial charge on any atom is 0.352 e. The van der Waals surface area contributed by atoms with Gasteiger partial charge in [-0.05, 0) is 0 Å². The number of aromatic carboxylic acids is 1. The lowest BCUT2D eigenvalue weighted by atomic mass is 10.0. The van der Waals surface area contributed by atoms with Crippen molar-refractivity contribution >= 4 is 57.9 Å². The van der Waals surface area contributed by atoms with Gasteiger partial charge in [-0.3, -0.25) is 14.5 Å². The number of carbonyl (C=O) groups is 4. The van der Waals surface area contributed by atoms with Crippen LogP contribution < -0.4 is 15.6 Å². The summed E-state index contributed by atoms with van der Waals surface area (Å²) in [5.41, 5.74) is 5.67. The van der Waals surface area contributed by atoms with Crippen molar-refractivity contribution in [2.75, 3.05) is 18.6 Å². The van der Waals surface area contributed by atoms with E-state index in [0.717, 1.165) is 16.4 Å². The highest BCUT2D eigenvalue weighted by molar-refractivity contribution is 8.00. The van der Waals surface area contributed by atoms with Crippen molar-refractivity contribution in [2.45, 2.75) is 18.0 Å². The molecular formula is C19H18N7O7S2+. The van der Waals surface area contributed by atoms with Crippen LogP contribution in [0.5, 0.6) is 0 Å². The average Bonchev–Trinajstić information content (AvgIpc) is 3.26. The molecule has 16 heteroatoms. The predicted molar refractivity (Wildman–Crippen MR) is 121 cm³/mol. The number of aromatic nitrogens is 3. The van der Waals surface area contributed by atoms with Crippen molar-refractivity contribution in [3.63, 3.8) is 0 Å². The van der Waals surface area contributed by atoms with E-state index in [1.165, 1.54) is 43.4 Å². The lowest BCUT2D eigenvalue weighted by Gasteiger charge is -2.49. The molecule has 4 rings (SSSR count). The SMILES string of the molecule is CO/N=C(\C(=O)N[C@@H]1C(=O)N2C(C(=O)O)=C(C[n+]3ccc(C(=O)O)cc3)CS[C@H]12)c1nsc(N)n1. The Kier molecular flexibility index (Phi) is 6.65. The second-order valence-electron chi connectivity index (χ2n) is 7.26. The number of aliphatic carboxylic acids is 1. The van der Waals surface area contributed by atoms with Crippen LogP contribution in [0.1, 0.15) is 16.2 Å². The van der Waals surface area contributed by atoms with Gasteiger partial charge >= 0.3 is 11.9 Å². The number of rotatable bonds is 8. The van der Waals surface area contributed by atoms with Crippen LogP contribution in [0, 0.1) is 0 Å². The Hall–Kier alpha value is -4.05. The molecule has 182 valence electrons. The molecule has 1 saturated heterocycles. The molecule has 2 amide bonds. The third-order valence-electron chi connectivity index (χ3n) is 5.10. The Labute approximate surface area is 205 Å². The fraction of sp³-hybridized carbons (Fsp3) is 0.263. The summed E-state index contributed by atoms with van der Waals surface area (Å²) in [6.07, 6.45) is 3.03. The largest absolute Gasteiger partial charge is 0.478 e. The van der Waals surface area contributed by atoms with Gasteiger partial charge in [-0.25, -0.2) is 14.2 Å². The van der Waals surface area contributed by atoms with Crippen molar-refractivity contribution in [3.8, 4) is 0 Å². The summed E-state index contributed by atoms with van der Waals surface area (Å²) in [5, 5.41) is 24.5. The molecule has 2 aromatic rings. The van der Waals surface area contributed by atoms with E-state index >= 15 is 0 Å². The quantitative estimate of drug-likeness (QED) is 0.142. The first-order chi connectivity index (χ1) is 16.7. The zero-order chi connectivity index (χ0) is 25.3. The van der Waals surface area contributed by atoms with Crippen LogP contribution in [0.3, 0.4) is 0 Å². The van der Waals surface area contributed by atoms with Crippen molar-refractivity contribution in [2.24, 2.45) is 5.16 Å². The van der Waals surface area contributed by atoms with E-state index < -0.39 is 35.2 Å². The standard InChI is InChI=1S/C19H17N7O7S2/c1-33-23-10(13-22-19(20)35-24-13)14(27)21-11-15(28)26-12(18(31)32)9(7-34-16(11)26)6-25-4-2-8(3-5-25)17(29)30/h2-5,11,16H,6-7H2,1H3,(H4-,20,21,22,24,27,29,30,31,32)/p+1/b23-10-/t11-,16-/m1/s1. The third-order valence-corrected chi connectivity index (χ3v) is 6.98. The molecule has 2 aliphatic rings. The number of anilines is 1. The van der Waals surface area contributed by atoms with Gasteiger partial charge in [-0.1, -0.05) is 5.16 Å². The molecule has 0 bridgehead atoms. The van der Waals surface area contributed by atoms with Crippen LogP contribution in [0.2, 0.25) is 0 Å². The summed E-state index contributed by atoms with van der Waals surface area (Å²) in [4.78, 5) is 58.5. The number of β-lactam (4-membered cyclic amide) rings is 1. The van der Waals surface area contributed by atoms with E-state index in [1.807, 2.05) is 0 Å². The second-order valence-corrected chi connectivity index (χ2v) is 9.15. The number of nitrogen functional groups attached to an aromatic ring is 1. The van der Waals surface area contributed by atoms with E-state index in [1.54, 1.807) is 4.57 Å².